The molecule has 0 unspecified atom stereocenters. The van der Waals surface area contributed by atoms with Crippen molar-refractivity contribution in [3.63, 3.8) is 0 Å². The van der Waals surface area contributed by atoms with Gasteiger partial charge < -0.3 is 14.7 Å². The number of benzene rings is 1. The molecule has 0 atom stereocenters. The van der Waals surface area contributed by atoms with Crippen LogP contribution in [0.5, 0.6) is 0 Å². The van der Waals surface area contributed by atoms with Crippen LogP contribution in [-0.2, 0) is 4.79 Å². The van der Waals surface area contributed by atoms with Crippen LogP contribution in [-0.4, -0.2) is 39.1 Å². The third kappa shape index (κ3) is 3.96. The molecule has 1 aliphatic rings. The first kappa shape index (κ1) is 19.2. The lowest BCUT2D eigenvalue weighted by Gasteiger charge is -2.32. The Labute approximate surface area is 179 Å². The van der Waals surface area contributed by atoms with Gasteiger partial charge in [-0.15, -0.1) is 0 Å². The standard InChI is InChI=1S/C23H22N6O2/c1-15-13-20(28-31-15)26-23(30)16-8-11-29(12-9-16)22-18-6-2-3-7-19(18)25-21(27-22)17-5-4-10-24-14-17/h2-7,10,13-14,16H,8-9,11-12H2,1H3,(H,26,28,30). The van der Waals surface area contributed by atoms with E-state index >= 15 is 0 Å². The Morgan fingerprint density at radius 3 is 2.71 bits per heavy atom. The average Bonchev–Trinajstić information content (AvgIpc) is 3.23. The van der Waals surface area contributed by atoms with E-state index in [4.69, 9.17) is 14.5 Å². The molecule has 156 valence electrons. The molecule has 5 rings (SSSR count). The minimum Gasteiger partial charge on any atom is -0.360 e. The molecule has 1 N–H and O–H groups in total. The summed E-state index contributed by atoms with van der Waals surface area (Å²) in [5.41, 5.74) is 1.78. The molecule has 1 saturated heterocycles. The molecule has 0 aliphatic carbocycles. The van der Waals surface area contributed by atoms with Gasteiger partial charge in [-0.3, -0.25) is 9.78 Å². The number of aromatic nitrogens is 4. The molecule has 3 aromatic heterocycles. The lowest BCUT2D eigenvalue weighted by atomic mass is 9.95. The van der Waals surface area contributed by atoms with Crippen molar-refractivity contribution >= 4 is 28.4 Å². The number of fused-ring (bicyclic) bond motifs is 1. The van der Waals surface area contributed by atoms with Gasteiger partial charge >= 0.3 is 0 Å². The van der Waals surface area contributed by atoms with Gasteiger partial charge in [-0.1, -0.05) is 17.3 Å². The van der Waals surface area contributed by atoms with Gasteiger partial charge in [-0.25, -0.2) is 9.97 Å². The smallest absolute Gasteiger partial charge is 0.228 e. The maximum absolute atomic E-state index is 12.6. The van der Waals surface area contributed by atoms with E-state index in [2.05, 4.69) is 20.4 Å². The predicted molar refractivity (Wildman–Crippen MR) is 118 cm³/mol. The molecular formula is C23H22N6O2. The van der Waals surface area contributed by atoms with Gasteiger partial charge in [0, 0.05) is 48.4 Å². The normalized spacial score (nSPS) is 14.7. The Bertz CT molecular complexity index is 1220. The Balaban J connectivity index is 1.37. The fourth-order valence-electron chi connectivity index (χ4n) is 3.93. The first-order valence-electron chi connectivity index (χ1n) is 10.3. The number of piperidine rings is 1. The zero-order valence-corrected chi connectivity index (χ0v) is 17.2. The summed E-state index contributed by atoms with van der Waals surface area (Å²) in [6.07, 6.45) is 4.99. The number of para-hydroxylation sites is 1. The Hall–Kier alpha value is -3.81. The van der Waals surface area contributed by atoms with Crippen molar-refractivity contribution < 1.29 is 9.32 Å². The van der Waals surface area contributed by atoms with E-state index < -0.39 is 0 Å². The van der Waals surface area contributed by atoms with Crippen molar-refractivity contribution in [2.24, 2.45) is 5.92 Å². The van der Waals surface area contributed by atoms with Crippen LogP contribution in [0.25, 0.3) is 22.3 Å². The molecule has 0 bridgehead atoms. The monoisotopic (exact) mass is 414 g/mol. The molecule has 8 nitrogen and oxygen atoms in total. The average molecular weight is 414 g/mol. The topological polar surface area (TPSA) is 97.0 Å². The third-order valence-corrected chi connectivity index (χ3v) is 5.55. The molecule has 0 saturated carbocycles. The minimum atomic E-state index is -0.0702. The highest BCUT2D eigenvalue weighted by Gasteiger charge is 2.27. The number of nitrogens with one attached hydrogen (secondary N) is 1. The zero-order chi connectivity index (χ0) is 21.2. The first-order valence-corrected chi connectivity index (χ1v) is 10.3. The summed E-state index contributed by atoms with van der Waals surface area (Å²) in [7, 11) is 0. The van der Waals surface area contributed by atoms with E-state index in [1.165, 1.54) is 0 Å². The van der Waals surface area contributed by atoms with Gasteiger partial charge in [0.1, 0.15) is 11.6 Å². The molecule has 0 spiro atoms. The summed E-state index contributed by atoms with van der Waals surface area (Å²) in [6, 6.07) is 13.6. The number of hydrogen-bond donors (Lipinski definition) is 1. The number of nitrogens with zero attached hydrogens (tertiary/aromatic N) is 5. The quantitative estimate of drug-likeness (QED) is 0.542. The van der Waals surface area contributed by atoms with Crippen molar-refractivity contribution in [2.75, 3.05) is 23.3 Å². The lowest BCUT2D eigenvalue weighted by molar-refractivity contribution is -0.120. The number of carbonyl (C=O) groups excluding carboxylic acids is 1. The van der Waals surface area contributed by atoms with Crippen molar-refractivity contribution in [1.29, 1.82) is 0 Å². The second-order valence-corrected chi connectivity index (χ2v) is 7.70. The highest BCUT2D eigenvalue weighted by Crippen LogP contribution is 2.30. The van der Waals surface area contributed by atoms with Crippen LogP contribution in [0.2, 0.25) is 0 Å². The number of rotatable bonds is 4. The van der Waals surface area contributed by atoms with Crippen LogP contribution in [0.4, 0.5) is 11.6 Å². The van der Waals surface area contributed by atoms with Gasteiger partial charge in [0.15, 0.2) is 11.6 Å². The number of carbonyl (C=O) groups is 1. The van der Waals surface area contributed by atoms with Crippen LogP contribution in [0, 0.1) is 12.8 Å². The number of amides is 1. The van der Waals surface area contributed by atoms with Gasteiger partial charge in [0.25, 0.3) is 0 Å². The first-order chi connectivity index (χ1) is 15.2. The molecule has 8 heteroatoms. The minimum absolute atomic E-state index is 0.0171. The van der Waals surface area contributed by atoms with E-state index in [0.29, 0.717) is 17.4 Å². The molecule has 1 aliphatic heterocycles. The molecular weight excluding hydrogens is 392 g/mol. The maximum atomic E-state index is 12.6. The van der Waals surface area contributed by atoms with Gasteiger partial charge in [-0.2, -0.15) is 0 Å². The van der Waals surface area contributed by atoms with Gasteiger partial charge in [0.2, 0.25) is 5.91 Å². The highest BCUT2D eigenvalue weighted by molar-refractivity contribution is 5.93. The summed E-state index contributed by atoms with van der Waals surface area (Å²) in [5.74, 6) is 2.60. The maximum Gasteiger partial charge on any atom is 0.228 e. The van der Waals surface area contributed by atoms with Gasteiger partial charge in [-0.05, 0) is 44.0 Å². The van der Waals surface area contributed by atoms with E-state index in [0.717, 1.165) is 48.2 Å². The van der Waals surface area contributed by atoms with Crippen molar-refractivity contribution in [2.45, 2.75) is 19.8 Å². The van der Waals surface area contributed by atoms with E-state index in [-0.39, 0.29) is 11.8 Å². The molecule has 1 aromatic carbocycles. The second kappa shape index (κ2) is 8.14. The Kier molecular flexibility index (Phi) is 5.03. The lowest BCUT2D eigenvalue weighted by Crippen LogP contribution is -2.38. The SMILES string of the molecule is Cc1cc(NC(=O)C2CCN(c3nc(-c4cccnc4)nc4ccccc34)CC2)no1. The number of hydrogen-bond acceptors (Lipinski definition) is 7. The van der Waals surface area contributed by atoms with E-state index in [1.54, 1.807) is 25.4 Å². The van der Waals surface area contributed by atoms with Crippen LogP contribution in [0.1, 0.15) is 18.6 Å². The molecule has 1 amide bonds. The fourth-order valence-corrected chi connectivity index (χ4v) is 3.93. The number of aryl methyl sites for hydroxylation is 1. The summed E-state index contributed by atoms with van der Waals surface area (Å²) in [5, 5.41) is 7.71. The molecule has 31 heavy (non-hydrogen) atoms. The molecule has 4 heterocycles. The summed E-state index contributed by atoms with van der Waals surface area (Å²) in [6.45, 7) is 3.28. The summed E-state index contributed by atoms with van der Waals surface area (Å²) >= 11 is 0. The van der Waals surface area contributed by atoms with E-state index in [1.807, 2.05) is 36.4 Å². The van der Waals surface area contributed by atoms with E-state index in [9.17, 15) is 4.79 Å². The van der Waals surface area contributed by atoms with Crippen LogP contribution >= 0.6 is 0 Å². The summed E-state index contributed by atoms with van der Waals surface area (Å²) < 4.78 is 5.02. The van der Waals surface area contributed by atoms with Crippen LogP contribution < -0.4 is 10.2 Å². The Morgan fingerprint density at radius 1 is 1.13 bits per heavy atom. The van der Waals surface area contributed by atoms with Crippen molar-refractivity contribution in [1.82, 2.24) is 20.1 Å². The highest BCUT2D eigenvalue weighted by atomic mass is 16.5. The van der Waals surface area contributed by atoms with Gasteiger partial charge in [0.05, 0.1) is 5.52 Å². The molecule has 4 aromatic rings. The predicted octanol–water partition coefficient (Wildman–Crippen LogP) is 3.84. The number of pyridine rings is 1. The fraction of sp³-hybridized carbons (Fsp3) is 0.261. The zero-order valence-electron chi connectivity index (χ0n) is 17.2. The molecule has 0 radical (unpaired) electrons. The number of anilines is 2. The van der Waals surface area contributed by atoms with Crippen LogP contribution in [0.3, 0.4) is 0 Å². The van der Waals surface area contributed by atoms with Crippen molar-refractivity contribution in [3.8, 4) is 11.4 Å². The summed E-state index contributed by atoms with van der Waals surface area (Å²) in [4.78, 5) is 28.7. The Morgan fingerprint density at radius 2 is 1.97 bits per heavy atom. The van der Waals surface area contributed by atoms with Crippen LogP contribution in [0.15, 0.2) is 59.4 Å². The largest absolute Gasteiger partial charge is 0.360 e. The third-order valence-electron chi connectivity index (χ3n) is 5.55. The van der Waals surface area contributed by atoms with Crippen molar-refractivity contribution in [3.05, 3.63) is 60.6 Å². The molecule has 1 fully saturated rings. The second-order valence-electron chi connectivity index (χ2n) is 7.70.